The van der Waals surface area contributed by atoms with Gasteiger partial charge in [0.05, 0.1) is 6.61 Å². The number of rotatable bonds is 9. The SMILES string of the molecule is CCCCC(C=CCC(Cl)C(=O)OCC)CC. The van der Waals surface area contributed by atoms with E-state index in [1.807, 2.05) is 6.08 Å². The molecule has 0 aromatic rings. The summed E-state index contributed by atoms with van der Waals surface area (Å²) in [6.07, 6.45) is 9.60. The first-order valence-corrected chi connectivity index (χ1v) is 7.06. The molecule has 0 aliphatic carbocycles. The Bertz CT molecular complexity index is 226. The van der Waals surface area contributed by atoms with E-state index in [1.54, 1.807) is 6.92 Å². The van der Waals surface area contributed by atoms with Gasteiger partial charge >= 0.3 is 5.97 Å². The van der Waals surface area contributed by atoms with Crippen LogP contribution in [0.15, 0.2) is 12.2 Å². The summed E-state index contributed by atoms with van der Waals surface area (Å²) < 4.78 is 4.85. The highest BCUT2D eigenvalue weighted by molar-refractivity contribution is 6.29. The number of unbranched alkanes of at least 4 members (excludes halogenated alkanes) is 1. The van der Waals surface area contributed by atoms with Gasteiger partial charge in [0, 0.05) is 0 Å². The average Bonchev–Trinajstić information content (AvgIpc) is 2.33. The van der Waals surface area contributed by atoms with Crippen molar-refractivity contribution in [3.63, 3.8) is 0 Å². The highest BCUT2D eigenvalue weighted by Crippen LogP contribution is 2.15. The van der Waals surface area contributed by atoms with Gasteiger partial charge in [-0.15, -0.1) is 11.6 Å². The highest BCUT2D eigenvalue weighted by atomic mass is 35.5. The largest absolute Gasteiger partial charge is 0.465 e. The first kappa shape index (κ1) is 16.5. The van der Waals surface area contributed by atoms with Crippen molar-refractivity contribution in [2.45, 2.75) is 58.3 Å². The van der Waals surface area contributed by atoms with E-state index in [2.05, 4.69) is 19.9 Å². The lowest BCUT2D eigenvalue weighted by molar-refractivity contribution is -0.142. The third kappa shape index (κ3) is 8.25. The molecule has 2 unspecified atom stereocenters. The van der Waals surface area contributed by atoms with Gasteiger partial charge in [0.2, 0.25) is 0 Å². The number of carbonyl (C=O) groups excluding carboxylic acids is 1. The molecule has 0 heterocycles. The van der Waals surface area contributed by atoms with Crippen LogP contribution in [0.4, 0.5) is 0 Å². The van der Waals surface area contributed by atoms with Gasteiger partial charge in [-0.25, -0.2) is 0 Å². The van der Waals surface area contributed by atoms with E-state index in [4.69, 9.17) is 16.3 Å². The van der Waals surface area contributed by atoms with E-state index in [9.17, 15) is 4.79 Å². The van der Waals surface area contributed by atoms with Crippen molar-refractivity contribution in [3.8, 4) is 0 Å². The van der Waals surface area contributed by atoms with E-state index in [0.717, 1.165) is 6.42 Å². The van der Waals surface area contributed by atoms with Crippen molar-refractivity contribution < 1.29 is 9.53 Å². The van der Waals surface area contributed by atoms with Crippen LogP contribution in [0.2, 0.25) is 0 Å². The summed E-state index contributed by atoms with van der Waals surface area (Å²) in [4.78, 5) is 11.3. The predicted molar refractivity (Wildman–Crippen MR) is 73.3 cm³/mol. The molecule has 0 aromatic carbocycles. The molecule has 0 fully saturated rings. The third-order valence-corrected chi connectivity index (χ3v) is 3.10. The number of ether oxygens (including phenoxy) is 1. The van der Waals surface area contributed by atoms with Gasteiger partial charge < -0.3 is 4.74 Å². The minimum atomic E-state index is -0.546. The summed E-state index contributed by atoms with van der Waals surface area (Å²) in [5.41, 5.74) is 0. The Labute approximate surface area is 110 Å². The number of esters is 1. The molecule has 2 atom stereocenters. The quantitative estimate of drug-likeness (QED) is 0.351. The molecule has 0 rings (SSSR count). The second-order valence-corrected chi connectivity index (χ2v) is 4.72. The molecular weight excluding hydrogens is 236 g/mol. The first-order valence-electron chi connectivity index (χ1n) is 6.62. The van der Waals surface area contributed by atoms with Gasteiger partial charge in [-0.1, -0.05) is 38.8 Å². The zero-order chi connectivity index (χ0) is 13.1. The summed E-state index contributed by atoms with van der Waals surface area (Å²) in [6, 6.07) is 0. The number of allylic oxidation sites excluding steroid dienone is 2. The molecule has 0 radical (unpaired) electrons. The molecule has 0 aliphatic heterocycles. The van der Waals surface area contributed by atoms with Gasteiger partial charge in [0.1, 0.15) is 5.38 Å². The second-order valence-electron chi connectivity index (χ2n) is 4.19. The van der Waals surface area contributed by atoms with Crippen molar-refractivity contribution in [3.05, 3.63) is 12.2 Å². The number of hydrogen-bond donors (Lipinski definition) is 0. The van der Waals surface area contributed by atoms with Gasteiger partial charge in [0.25, 0.3) is 0 Å². The molecule has 17 heavy (non-hydrogen) atoms. The van der Waals surface area contributed by atoms with Crippen LogP contribution in [0.1, 0.15) is 52.9 Å². The Kier molecular flexibility index (Phi) is 10.3. The first-order chi connectivity index (χ1) is 8.15. The minimum absolute atomic E-state index is 0.319. The lowest BCUT2D eigenvalue weighted by atomic mass is 9.98. The molecule has 0 aromatic heterocycles. The molecule has 0 saturated heterocycles. The maximum absolute atomic E-state index is 11.3. The summed E-state index contributed by atoms with van der Waals surface area (Å²) in [5.74, 6) is 0.293. The summed E-state index contributed by atoms with van der Waals surface area (Å²) >= 11 is 5.92. The van der Waals surface area contributed by atoms with E-state index in [0.29, 0.717) is 18.9 Å². The molecule has 0 spiro atoms. The molecule has 0 saturated carbocycles. The van der Waals surface area contributed by atoms with Gasteiger partial charge in [-0.2, -0.15) is 0 Å². The summed E-state index contributed by atoms with van der Waals surface area (Å²) in [5, 5.41) is -0.546. The third-order valence-electron chi connectivity index (χ3n) is 2.75. The average molecular weight is 261 g/mol. The predicted octanol–water partition coefficient (Wildman–Crippen LogP) is 4.32. The Morgan fingerprint density at radius 1 is 1.35 bits per heavy atom. The molecular formula is C14H25ClO2. The fourth-order valence-corrected chi connectivity index (χ4v) is 1.79. The van der Waals surface area contributed by atoms with Crippen LogP contribution in [-0.2, 0) is 9.53 Å². The smallest absolute Gasteiger partial charge is 0.324 e. The summed E-state index contributed by atoms with van der Waals surface area (Å²) in [6.45, 7) is 6.56. The summed E-state index contributed by atoms with van der Waals surface area (Å²) in [7, 11) is 0. The van der Waals surface area contributed by atoms with E-state index in [-0.39, 0.29) is 5.97 Å². The lowest BCUT2D eigenvalue weighted by Gasteiger charge is -2.09. The second kappa shape index (κ2) is 10.6. The Balaban J connectivity index is 3.93. The van der Waals surface area contributed by atoms with Crippen LogP contribution in [0.25, 0.3) is 0 Å². The number of carbonyl (C=O) groups is 1. The van der Waals surface area contributed by atoms with Crippen molar-refractivity contribution in [1.82, 2.24) is 0 Å². The zero-order valence-electron chi connectivity index (χ0n) is 11.2. The topological polar surface area (TPSA) is 26.3 Å². The van der Waals surface area contributed by atoms with Gasteiger partial charge in [-0.05, 0) is 32.1 Å². The maximum atomic E-state index is 11.3. The maximum Gasteiger partial charge on any atom is 0.324 e. The number of hydrogen-bond acceptors (Lipinski definition) is 2. The Morgan fingerprint density at radius 3 is 2.59 bits per heavy atom. The standard InChI is InChI=1S/C14H25ClO2/c1-4-7-9-12(5-2)10-8-11-13(15)14(16)17-6-3/h8,10,12-13H,4-7,9,11H2,1-3H3. The van der Waals surface area contributed by atoms with E-state index < -0.39 is 5.38 Å². The molecule has 2 nitrogen and oxygen atoms in total. The van der Waals surface area contributed by atoms with Crippen molar-refractivity contribution in [1.29, 1.82) is 0 Å². The van der Waals surface area contributed by atoms with E-state index >= 15 is 0 Å². The normalized spacial score (nSPS) is 14.8. The highest BCUT2D eigenvalue weighted by Gasteiger charge is 2.14. The van der Waals surface area contributed by atoms with E-state index in [1.165, 1.54) is 19.3 Å². The molecule has 0 N–H and O–H groups in total. The van der Waals surface area contributed by atoms with Gasteiger partial charge in [-0.3, -0.25) is 4.79 Å². The molecule has 0 aliphatic rings. The van der Waals surface area contributed by atoms with Crippen LogP contribution in [-0.4, -0.2) is 18.0 Å². The lowest BCUT2D eigenvalue weighted by Crippen LogP contribution is -2.17. The molecule has 100 valence electrons. The Morgan fingerprint density at radius 2 is 2.06 bits per heavy atom. The fourth-order valence-electron chi connectivity index (χ4n) is 1.62. The van der Waals surface area contributed by atoms with Crippen LogP contribution in [0.5, 0.6) is 0 Å². The fraction of sp³-hybridized carbons (Fsp3) is 0.786. The zero-order valence-corrected chi connectivity index (χ0v) is 12.0. The molecule has 0 bridgehead atoms. The molecule has 3 heteroatoms. The monoisotopic (exact) mass is 260 g/mol. The minimum Gasteiger partial charge on any atom is -0.465 e. The molecule has 0 amide bonds. The van der Waals surface area contributed by atoms with Crippen molar-refractivity contribution in [2.24, 2.45) is 5.92 Å². The van der Waals surface area contributed by atoms with Crippen LogP contribution in [0.3, 0.4) is 0 Å². The van der Waals surface area contributed by atoms with Crippen LogP contribution >= 0.6 is 11.6 Å². The Hall–Kier alpha value is -0.500. The van der Waals surface area contributed by atoms with Gasteiger partial charge in [0.15, 0.2) is 0 Å². The number of halogens is 1. The van der Waals surface area contributed by atoms with Crippen LogP contribution < -0.4 is 0 Å². The number of alkyl halides is 1. The van der Waals surface area contributed by atoms with Crippen molar-refractivity contribution in [2.75, 3.05) is 6.61 Å². The van der Waals surface area contributed by atoms with Crippen LogP contribution in [0, 0.1) is 5.92 Å². The van der Waals surface area contributed by atoms with Crippen molar-refractivity contribution >= 4 is 17.6 Å².